The Morgan fingerprint density at radius 2 is 1.48 bits per heavy atom. The number of carbonyl (C=O) groups excluding carboxylic acids is 2. The highest BCUT2D eigenvalue weighted by Gasteiger charge is 2.30. The molecule has 0 unspecified atom stereocenters. The molecule has 0 fully saturated rings. The highest BCUT2D eigenvalue weighted by atomic mass is 32.2. The summed E-state index contributed by atoms with van der Waals surface area (Å²) >= 11 is 0. The molecule has 0 aromatic heterocycles. The smallest absolute Gasteiger partial charge is 0.266 e. The van der Waals surface area contributed by atoms with E-state index in [4.69, 9.17) is 9.59 Å². The van der Waals surface area contributed by atoms with Gasteiger partial charge in [0.25, 0.3) is 10.0 Å². The minimum Gasteiger partial charge on any atom is -0.266 e. The maximum absolute atomic E-state index is 12.5. The van der Waals surface area contributed by atoms with Gasteiger partial charge < -0.3 is 0 Å². The van der Waals surface area contributed by atoms with Gasteiger partial charge in [-0.3, -0.25) is 4.31 Å². The number of para-hydroxylation sites is 1. The molecule has 0 saturated heterocycles. The summed E-state index contributed by atoms with van der Waals surface area (Å²) in [6, 6.07) is 16.2. The van der Waals surface area contributed by atoms with Crippen LogP contribution in [0.1, 0.15) is 5.56 Å². The van der Waals surface area contributed by atoms with Crippen LogP contribution >= 0.6 is 0 Å². The predicted molar refractivity (Wildman–Crippen MR) is 76.1 cm³/mol. The number of fused-ring (bicyclic) bond motifs is 1. The molecule has 0 bridgehead atoms. The van der Waals surface area contributed by atoms with E-state index in [2.05, 4.69) is 0 Å². The molecule has 1 aliphatic heterocycles. The van der Waals surface area contributed by atoms with Crippen molar-refractivity contribution in [2.24, 2.45) is 0 Å². The average molecular weight is 303 g/mol. The normalized spacial score (nSPS) is 12.9. The maximum atomic E-state index is 12.5. The number of sulfonamides is 1. The summed E-state index contributed by atoms with van der Waals surface area (Å²) < 4.78 is 26.5. The summed E-state index contributed by atoms with van der Waals surface area (Å²) in [5.74, 6) is 0. The Morgan fingerprint density at radius 1 is 0.905 bits per heavy atom. The monoisotopic (exact) mass is 303 g/mol. The number of anilines is 1. The van der Waals surface area contributed by atoms with Gasteiger partial charge in [0.2, 0.25) is 0 Å². The second-order valence-electron chi connectivity index (χ2n) is 4.35. The van der Waals surface area contributed by atoms with E-state index in [0.29, 0.717) is 11.4 Å². The van der Waals surface area contributed by atoms with Gasteiger partial charge in [0.05, 0.1) is 10.6 Å². The summed E-state index contributed by atoms with van der Waals surface area (Å²) in [6.07, 6.45) is 1.03. The Balaban J connectivity index is 0.000000497. The third kappa shape index (κ3) is 3.02. The highest BCUT2D eigenvalue weighted by Crippen LogP contribution is 2.32. The van der Waals surface area contributed by atoms with Crippen molar-refractivity contribution in [3.63, 3.8) is 0 Å². The van der Waals surface area contributed by atoms with Crippen molar-refractivity contribution >= 4 is 21.9 Å². The largest absolute Gasteiger partial charge is 0.373 e. The Bertz CT molecular complexity index is 750. The zero-order valence-corrected chi connectivity index (χ0v) is 11.9. The third-order valence-corrected chi connectivity index (χ3v) is 5.00. The van der Waals surface area contributed by atoms with E-state index in [1.54, 1.807) is 24.3 Å². The van der Waals surface area contributed by atoms with Crippen LogP contribution in [0.2, 0.25) is 0 Å². The van der Waals surface area contributed by atoms with E-state index >= 15 is 0 Å². The molecular formula is C15H13NO4S. The lowest BCUT2D eigenvalue weighted by Gasteiger charge is -2.19. The summed E-state index contributed by atoms with van der Waals surface area (Å²) in [5.41, 5.74) is 1.90. The van der Waals surface area contributed by atoms with Gasteiger partial charge in [-0.2, -0.15) is 9.59 Å². The first-order chi connectivity index (χ1) is 10.1. The first kappa shape index (κ1) is 15.0. The molecule has 2 aromatic carbocycles. The fourth-order valence-electron chi connectivity index (χ4n) is 2.28. The lowest BCUT2D eigenvalue weighted by atomic mass is 10.2. The van der Waals surface area contributed by atoms with E-state index in [9.17, 15) is 8.42 Å². The number of hydrogen-bond donors (Lipinski definition) is 0. The second-order valence-corrected chi connectivity index (χ2v) is 6.21. The van der Waals surface area contributed by atoms with E-state index in [1.807, 2.05) is 30.3 Å². The van der Waals surface area contributed by atoms with Gasteiger partial charge in [-0.05, 0) is 30.2 Å². The molecule has 1 heterocycles. The Hall–Kier alpha value is -2.43. The lowest BCUT2D eigenvalue weighted by molar-refractivity contribution is -0.191. The van der Waals surface area contributed by atoms with Gasteiger partial charge in [-0.15, -0.1) is 0 Å². The molecule has 6 heteroatoms. The van der Waals surface area contributed by atoms with Crippen LogP contribution in [0.25, 0.3) is 0 Å². The molecule has 0 atom stereocenters. The molecule has 21 heavy (non-hydrogen) atoms. The first-order valence-electron chi connectivity index (χ1n) is 6.26. The maximum Gasteiger partial charge on any atom is 0.373 e. The van der Waals surface area contributed by atoms with Crippen molar-refractivity contribution < 1.29 is 18.0 Å². The Kier molecular flexibility index (Phi) is 4.52. The van der Waals surface area contributed by atoms with Gasteiger partial charge in [-0.25, -0.2) is 8.42 Å². The first-order valence-corrected chi connectivity index (χ1v) is 7.70. The zero-order chi connectivity index (χ0) is 15.3. The summed E-state index contributed by atoms with van der Waals surface area (Å²) in [5, 5.41) is 0. The second kappa shape index (κ2) is 6.35. The fraction of sp³-hybridized carbons (Fsp3) is 0.133. The Labute approximate surface area is 122 Å². The number of rotatable bonds is 2. The van der Waals surface area contributed by atoms with Crippen LogP contribution in [0.4, 0.5) is 5.69 Å². The molecule has 5 nitrogen and oxygen atoms in total. The number of nitrogens with zero attached hydrogens (tertiary/aromatic N) is 1. The molecule has 0 spiro atoms. The summed E-state index contributed by atoms with van der Waals surface area (Å²) in [6.45, 7) is 0.524. The molecule has 0 amide bonds. The van der Waals surface area contributed by atoms with Crippen LogP contribution in [-0.4, -0.2) is 21.1 Å². The third-order valence-electron chi connectivity index (χ3n) is 3.18. The standard InChI is InChI=1S/C14H13NO2S.CO2/c16-18(17,13-7-2-1-3-8-13)15-11-10-12-6-4-5-9-14(12)15;2-1-3/h1-9H,10-11H2;. The molecule has 0 saturated carbocycles. The van der Waals surface area contributed by atoms with Crippen LogP contribution < -0.4 is 4.31 Å². The molecule has 0 N–H and O–H groups in total. The van der Waals surface area contributed by atoms with Crippen LogP contribution in [0.3, 0.4) is 0 Å². The SMILES string of the molecule is O=C=O.O=S(=O)(c1ccccc1)N1CCc2ccccc21. The van der Waals surface area contributed by atoms with Crippen LogP contribution in [0.5, 0.6) is 0 Å². The topological polar surface area (TPSA) is 71.5 Å². The molecule has 108 valence electrons. The Morgan fingerprint density at radius 3 is 2.14 bits per heavy atom. The van der Waals surface area contributed by atoms with Crippen LogP contribution in [-0.2, 0) is 26.0 Å². The van der Waals surface area contributed by atoms with Crippen molar-refractivity contribution in [3.05, 3.63) is 60.2 Å². The number of benzene rings is 2. The van der Waals surface area contributed by atoms with E-state index in [0.717, 1.165) is 17.7 Å². The molecule has 3 rings (SSSR count). The zero-order valence-electron chi connectivity index (χ0n) is 11.1. The molecule has 0 radical (unpaired) electrons. The van der Waals surface area contributed by atoms with Crippen molar-refractivity contribution in [2.45, 2.75) is 11.3 Å². The average Bonchev–Trinajstić information content (AvgIpc) is 2.94. The van der Waals surface area contributed by atoms with E-state index in [1.165, 1.54) is 4.31 Å². The lowest BCUT2D eigenvalue weighted by Crippen LogP contribution is -2.28. The summed E-state index contributed by atoms with van der Waals surface area (Å²) in [4.78, 5) is 16.6. The summed E-state index contributed by atoms with van der Waals surface area (Å²) in [7, 11) is -3.42. The van der Waals surface area contributed by atoms with E-state index in [-0.39, 0.29) is 6.15 Å². The fourth-order valence-corrected chi connectivity index (χ4v) is 3.80. The molecule has 2 aromatic rings. The van der Waals surface area contributed by atoms with E-state index < -0.39 is 10.0 Å². The predicted octanol–water partition coefficient (Wildman–Crippen LogP) is 1.85. The van der Waals surface area contributed by atoms with Gasteiger partial charge in [0, 0.05) is 6.54 Å². The highest BCUT2D eigenvalue weighted by molar-refractivity contribution is 7.92. The van der Waals surface area contributed by atoms with Gasteiger partial charge >= 0.3 is 6.15 Å². The minimum atomic E-state index is -3.42. The van der Waals surface area contributed by atoms with Crippen molar-refractivity contribution in [2.75, 3.05) is 10.8 Å². The van der Waals surface area contributed by atoms with Crippen molar-refractivity contribution in [3.8, 4) is 0 Å². The van der Waals surface area contributed by atoms with Crippen LogP contribution in [0, 0.1) is 0 Å². The minimum absolute atomic E-state index is 0.250. The van der Waals surface area contributed by atoms with Crippen molar-refractivity contribution in [1.82, 2.24) is 0 Å². The van der Waals surface area contributed by atoms with Gasteiger partial charge in [0.1, 0.15) is 0 Å². The van der Waals surface area contributed by atoms with Crippen LogP contribution in [0.15, 0.2) is 59.5 Å². The van der Waals surface area contributed by atoms with Gasteiger partial charge in [-0.1, -0.05) is 36.4 Å². The quantitative estimate of drug-likeness (QED) is 0.849. The van der Waals surface area contributed by atoms with Gasteiger partial charge in [0.15, 0.2) is 0 Å². The number of hydrogen-bond acceptors (Lipinski definition) is 4. The van der Waals surface area contributed by atoms with Crippen molar-refractivity contribution in [1.29, 1.82) is 0 Å². The molecule has 1 aliphatic rings. The molecule has 0 aliphatic carbocycles. The molecular weight excluding hydrogens is 290 g/mol.